The van der Waals surface area contributed by atoms with Crippen LogP contribution in [0.2, 0.25) is 0 Å². The number of hydrogen-bond acceptors (Lipinski definition) is 7. The van der Waals surface area contributed by atoms with Crippen molar-refractivity contribution in [2.24, 2.45) is 0 Å². The molecule has 4 aromatic rings. The van der Waals surface area contributed by atoms with E-state index < -0.39 is 0 Å². The normalized spacial score (nSPS) is 10.8. The fourth-order valence-electron chi connectivity index (χ4n) is 3.45. The molecule has 0 bridgehead atoms. The van der Waals surface area contributed by atoms with E-state index in [-0.39, 0.29) is 11.6 Å². The smallest absolute Gasteiger partial charge is 0.278 e. The van der Waals surface area contributed by atoms with Crippen molar-refractivity contribution in [3.63, 3.8) is 0 Å². The van der Waals surface area contributed by atoms with Gasteiger partial charge in [-0.15, -0.1) is 5.10 Å². The van der Waals surface area contributed by atoms with E-state index in [1.54, 1.807) is 36.9 Å². The second-order valence-corrected chi connectivity index (χ2v) is 7.54. The van der Waals surface area contributed by atoms with Gasteiger partial charge in [-0.05, 0) is 44.5 Å². The third-order valence-corrected chi connectivity index (χ3v) is 5.42. The number of aromatic nitrogens is 4. The number of benzene rings is 2. The summed E-state index contributed by atoms with van der Waals surface area (Å²) in [5.74, 6) is 1.97. The monoisotopic (exact) mass is 447 g/mol. The molecule has 170 valence electrons. The Bertz CT molecular complexity index is 1310. The Balaban J connectivity index is 1.54. The van der Waals surface area contributed by atoms with Gasteiger partial charge in [-0.2, -0.15) is 0 Å². The van der Waals surface area contributed by atoms with Crippen LogP contribution in [0.4, 0.5) is 5.69 Å². The van der Waals surface area contributed by atoms with E-state index in [1.165, 1.54) is 7.11 Å². The maximum atomic E-state index is 12.9. The maximum Gasteiger partial charge on any atom is 0.278 e. The van der Waals surface area contributed by atoms with Gasteiger partial charge in [-0.25, -0.2) is 9.67 Å². The predicted molar refractivity (Wildman–Crippen MR) is 123 cm³/mol. The van der Waals surface area contributed by atoms with Gasteiger partial charge in [-0.1, -0.05) is 23.4 Å². The number of nitrogens with zero attached hydrogens (tertiary/aromatic N) is 4. The molecule has 0 radical (unpaired) electrons. The van der Waals surface area contributed by atoms with Crippen LogP contribution in [0.1, 0.15) is 33.2 Å². The fraction of sp³-hybridized carbons (Fsp3) is 0.250. The van der Waals surface area contributed by atoms with Crippen molar-refractivity contribution in [3.8, 4) is 23.0 Å². The number of ether oxygens (including phenoxy) is 2. The van der Waals surface area contributed by atoms with E-state index in [0.717, 1.165) is 16.8 Å². The number of amides is 1. The molecule has 0 aliphatic heterocycles. The van der Waals surface area contributed by atoms with Gasteiger partial charge in [-0.3, -0.25) is 4.79 Å². The first kappa shape index (κ1) is 22.1. The summed E-state index contributed by atoms with van der Waals surface area (Å²) in [6.07, 6.45) is 0. The van der Waals surface area contributed by atoms with E-state index in [2.05, 4.69) is 20.6 Å². The van der Waals surface area contributed by atoms with Gasteiger partial charge in [0.25, 0.3) is 5.91 Å². The molecule has 0 unspecified atom stereocenters. The highest BCUT2D eigenvalue weighted by molar-refractivity contribution is 6.04. The van der Waals surface area contributed by atoms with E-state index in [1.807, 2.05) is 38.1 Å². The summed E-state index contributed by atoms with van der Waals surface area (Å²) in [6.45, 7) is 6.00. The van der Waals surface area contributed by atoms with Crippen LogP contribution in [-0.4, -0.2) is 40.1 Å². The van der Waals surface area contributed by atoms with E-state index in [0.29, 0.717) is 41.1 Å². The minimum absolute atomic E-state index is 0.216. The molecule has 0 spiro atoms. The number of anilines is 1. The van der Waals surface area contributed by atoms with Crippen LogP contribution in [0.15, 0.2) is 46.9 Å². The first-order valence-electron chi connectivity index (χ1n) is 10.4. The SMILES string of the molecule is COc1ccc(NC(=O)c2nnn(Cc3nc(-c4ccccc4C)oc3C)c2C)c(OC)c1. The minimum atomic E-state index is -0.389. The Hall–Kier alpha value is -4.14. The third-order valence-electron chi connectivity index (χ3n) is 5.42. The quantitative estimate of drug-likeness (QED) is 0.453. The number of rotatable bonds is 7. The van der Waals surface area contributed by atoms with E-state index in [4.69, 9.17) is 13.9 Å². The Labute approximate surface area is 191 Å². The summed E-state index contributed by atoms with van der Waals surface area (Å²) >= 11 is 0. The van der Waals surface area contributed by atoms with Crippen LogP contribution >= 0.6 is 0 Å². The van der Waals surface area contributed by atoms with Crippen LogP contribution in [0.5, 0.6) is 11.5 Å². The second-order valence-electron chi connectivity index (χ2n) is 7.54. The van der Waals surface area contributed by atoms with E-state index >= 15 is 0 Å². The molecule has 33 heavy (non-hydrogen) atoms. The maximum absolute atomic E-state index is 12.9. The number of carbonyl (C=O) groups excluding carboxylic acids is 1. The van der Waals surface area contributed by atoms with Crippen molar-refractivity contribution in [1.82, 2.24) is 20.0 Å². The Morgan fingerprint density at radius 3 is 2.61 bits per heavy atom. The van der Waals surface area contributed by atoms with Crippen LogP contribution < -0.4 is 14.8 Å². The minimum Gasteiger partial charge on any atom is -0.497 e. The summed E-state index contributed by atoms with van der Waals surface area (Å²) in [6, 6.07) is 13.1. The molecule has 0 aliphatic rings. The molecule has 4 rings (SSSR count). The number of oxazole rings is 1. The summed E-state index contributed by atoms with van der Waals surface area (Å²) in [5.41, 5.74) is 4.08. The molecule has 2 heterocycles. The number of nitrogens with one attached hydrogen (secondary N) is 1. The molecule has 2 aromatic carbocycles. The summed E-state index contributed by atoms with van der Waals surface area (Å²) in [7, 11) is 3.09. The molecule has 1 N–H and O–H groups in total. The van der Waals surface area contributed by atoms with Crippen LogP contribution in [0, 0.1) is 20.8 Å². The molecule has 0 atom stereocenters. The summed E-state index contributed by atoms with van der Waals surface area (Å²) in [5, 5.41) is 11.1. The second kappa shape index (κ2) is 9.15. The fourth-order valence-corrected chi connectivity index (χ4v) is 3.45. The third kappa shape index (κ3) is 4.43. The standard InChI is InChI=1S/C24H25N5O4/c1-14-8-6-7-9-18(14)24-26-20(16(3)33-24)13-29-15(2)22(27-28-29)23(30)25-19-11-10-17(31-4)12-21(19)32-5/h6-12H,13H2,1-5H3,(H,25,30). The van der Waals surface area contributed by atoms with Crippen molar-refractivity contribution in [2.75, 3.05) is 19.5 Å². The number of methoxy groups -OCH3 is 2. The highest BCUT2D eigenvalue weighted by atomic mass is 16.5. The van der Waals surface area contributed by atoms with Crippen molar-refractivity contribution in [3.05, 3.63) is 70.9 Å². The number of hydrogen-bond donors (Lipinski definition) is 1. The number of aryl methyl sites for hydroxylation is 2. The molecule has 9 nitrogen and oxygen atoms in total. The van der Waals surface area contributed by atoms with Crippen molar-refractivity contribution in [2.45, 2.75) is 27.3 Å². The highest BCUT2D eigenvalue weighted by Gasteiger charge is 2.20. The van der Waals surface area contributed by atoms with Gasteiger partial charge < -0.3 is 19.2 Å². The zero-order chi connectivity index (χ0) is 23.5. The average Bonchev–Trinajstić information content (AvgIpc) is 3.36. The van der Waals surface area contributed by atoms with Crippen LogP contribution in [-0.2, 0) is 6.54 Å². The summed E-state index contributed by atoms with van der Waals surface area (Å²) in [4.78, 5) is 17.5. The molecule has 0 saturated carbocycles. The van der Waals surface area contributed by atoms with Gasteiger partial charge >= 0.3 is 0 Å². The van der Waals surface area contributed by atoms with Crippen molar-refractivity contribution >= 4 is 11.6 Å². The van der Waals surface area contributed by atoms with Gasteiger partial charge in [0.15, 0.2) is 5.69 Å². The number of carbonyl (C=O) groups is 1. The molecular formula is C24H25N5O4. The van der Waals surface area contributed by atoms with E-state index in [9.17, 15) is 4.79 Å². The Kier molecular flexibility index (Phi) is 6.12. The zero-order valence-corrected chi connectivity index (χ0v) is 19.2. The van der Waals surface area contributed by atoms with Gasteiger partial charge in [0.2, 0.25) is 5.89 Å². The van der Waals surface area contributed by atoms with Crippen LogP contribution in [0.25, 0.3) is 11.5 Å². The first-order chi connectivity index (χ1) is 15.9. The van der Waals surface area contributed by atoms with Crippen molar-refractivity contribution < 1.29 is 18.7 Å². The lowest BCUT2D eigenvalue weighted by molar-refractivity contribution is 0.102. The molecule has 2 aromatic heterocycles. The van der Waals surface area contributed by atoms with Gasteiger partial charge in [0, 0.05) is 11.6 Å². The molecule has 0 saturated heterocycles. The lowest BCUT2D eigenvalue weighted by Crippen LogP contribution is -2.15. The highest BCUT2D eigenvalue weighted by Crippen LogP contribution is 2.29. The molecule has 0 aliphatic carbocycles. The average molecular weight is 447 g/mol. The molecule has 9 heteroatoms. The Morgan fingerprint density at radius 1 is 1.09 bits per heavy atom. The zero-order valence-electron chi connectivity index (χ0n) is 19.2. The van der Waals surface area contributed by atoms with Gasteiger partial charge in [0.1, 0.15) is 23.0 Å². The Morgan fingerprint density at radius 2 is 1.88 bits per heavy atom. The predicted octanol–water partition coefficient (Wildman–Crippen LogP) is 4.18. The van der Waals surface area contributed by atoms with Gasteiger partial charge in [0.05, 0.1) is 32.1 Å². The largest absolute Gasteiger partial charge is 0.497 e. The first-order valence-corrected chi connectivity index (χ1v) is 10.4. The lowest BCUT2D eigenvalue weighted by Gasteiger charge is -2.11. The topological polar surface area (TPSA) is 104 Å². The van der Waals surface area contributed by atoms with Crippen LogP contribution in [0.3, 0.4) is 0 Å². The lowest BCUT2D eigenvalue weighted by atomic mass is 10.1. The molecule has 0 fully saturated rings. The molecule has 1 amide bonds. The summed E-state index contributed by atoms with van der Waals surface area (Å²) < 4.78 is 18.1. The molecular weight excluding hydrogens is 422 g/mol. The van der Waals surface area contributed by atoms with Crippen molar-refractivity contribution in [1.29, 1.82) is 0 Å².